The Bertz CT molecular complexity index is 407. The third-order valence-electron chi connectivity index (χ3n) is 2.05. The predicted molar refractivity (Wildman–Crippen MR) is 65.7 cm³/mol. The predicted octanol–water partition coefficient (Wildman–Crippen LogP) is 2.57. The van der Waals surface area contributed by atoms with Crippen molar-refractivity contribution < 1.29 is 9.18 Å². The lowest BCUT2D eigenvalue weighted by molar-refractivity contribution is -0.116. The van der Waals surface area contributed by atoms with E-state index in [-0.39, 0.29) is 18.4 Å². The van der Waals surface area contributed by atoms with Crippen LogP contribution >= 0.6 is 15.9 Å². The van der Waals surface area contributed by atoms with Crippen molar-refractivity contribution in [2.75, 3.05) is 5.32 Å². The van der Waals surface area contributed by atoms with Crippen molar-refractivity contribution in [1.82, 2.24) is 0 Å². The average Bonchev–Trinajstić information content (AvgIpc) is 2.12. The number of anilines is 1. The number of carbonyl (C=O) groups excluding carboxylic acids is 1. The molecule has 0 saturated heterocycles. The molecule has 1 aromatic carbocycles. The van der Waals surface area contributed by atoms with Crippen molar-refractivity contribution in [3.05, 3.63) is 28.0 Å². The van der Waals surface area contributed by atoms with Crippen molar-refractivity contribution >= 4 is 27.5 Å². The number of rotatable bonds is 3. The van der Waals surface area contributed by atoms with E-state index in [0.717, 1.165) is 5.56 Å². The highest BCUT2D eigenvalue weighted by molar-refractivity contribution is 9.10. The standard InChI is InChI=1S/C11H14BrFN2O/c1-6-3-8(12)9(13)5-10(6)15-11(16)4-7(2)14/h3,5,7H,4,14H2,1-2H3,(H,15,16). The van der Waals surface area contributed by atoms with E-state index in [2.05, 4.69) is 21.2 Å². The summed E-state index contributed by atoms with van der Waals surface area (Å²) >= 11 is 3.08. The fourth-order valence-corrected chi connectivity index (χ4v) is 1.73. The Morgan fingerprint density at radius 1 is 1.62 bits per heavy atom. The highest BCUT2D eigenvalue weighted by Crippen LogP contribution is 2.23. The molecule has 1 aromatic rings. The zero-order valence-corrected chi connectivity index (χ0v) is 10.8. The third kappa shape index (κ3) is 3.57. The van der Waals surface area contributed by atoms with Gasteiger partial charge in [-0.3, -0.25) is 4.79 Å². The molecule has 3 N–H and O–H groups in total. The molecule has 0 fully saturated rings. The largest absolute Gasteiger partial charge is 0.327 e. The third-order valence-corrected chi connectivity index (χ3v) is 2.66. The number of hydrogen-bond donors (Lipinski definition) is 2. The van der Waals surface area contributed by atoms with Gasteiger partial charge in [-0.15, -0.1) is 0 Å². The smallest absolute Gasteiger partial charge is 0.225 e. The van der Waals surface area contributed by atoms with Crippen molar-refractivity contribution in [3.63, 3.8) is 0 Å². The number of nitrogens with two attached hydrogens (primary N) is 1. The van der Waals surface area contributed by atoms with Gasteiger partial charge in [0.05, 0.1) is 4.47 Å². The number of hydrogen-bond acceptors (Lipinski definition) is 2. The van der Waals surface area contributed by atoms with Gasteiger partial charge in [0, 0.05) is 18.2 Å². The molecule has 0 heterocycles. The van der Waals surface area contributed by atoms with Crippen LogP contribution in [0.4, 0.5) is 10.1 Å². The highest BCUT2D eigenvalue weighted by Gasteiger charge is 2.09. The molecule has 0 aliphatic carbocycles. The minimum absolute atomic E-state index is 0.208. The molecule has 0 saturated carbocycles. The molecule has 0 aliphatic heterocycles. The van der Waals surface area contributed by atoms with Crippen molar-refractivity contribution in [1.29, 1.82) is 0 Å². The van der Waals surface area contributed by atoms with Gasteiger partial charge in [0.1, 0.15) is 5.82 Å². The molecule has 16 heavy (non-hydrogen) atoms. The fraction of sp³-hybridized carbons (Fsp3) is 0.364. The highest BCUT2D eigenvalue weighted by atomic mass is 79.9. The molecule has 0 spiro atoms. The Kier molecular flexibility index (Phi) is 4.44. The Morgan fingerprint density at radius 2 is 2.25 bits per heavy atom. The van der Waals surface area contributed by atoms with Crippen LogP contribution in [0.3, 0.4) is 0 Å². The molecule has 1 amide bonds. The summed E-state index contributed by atoms with van der Waals surface area (Å²) in [6.45, 7) is 3.54. The summed E-state index contributed by atoms with van der Waals surface area (Å²) in [5.74, 6) is -0.610. The first kappa shape index (κ1) is 13.1. The second kappa shape index (κ2) is 5.41. The summed E-state index contributed by atoms with van der Waals surface area (Å²) in [7, 11) is 0. The van der Waals surface area contributed by atoms with E-state index in [1.165, 1.54) is 6.07 Å². The maximum atomic E-state index is 13.2. The van der Waals surface area contributed by atoms with Gasteiger partial charge in [-0.25, -0.2) is 4.39 Å². The normalized spacial score (nSPS) is 12.3. The Balaban J connectivity index is 2.81. The Hall–Kier alpha value is -0.940. The van der Waals surface area contributed by atoms with Gasteiger partial charge in [0.15, 0.2) is 0 Å². The molecule has 1 atom stereocenters. The van der Waals surface area contributed by atoms with Crippen molar-refractivity contribution in [2.24, 2.45) is 5.73 Å². The minimum Gasteiger partial charge on any atom is -0.327 e. The SMILES string of the molecule is Cc1cc(Br)c(F)cc1NC(=O)CC(C)N. The molecule has 3 nitrogen and oxygen atoms in total. The number of halogens is 2. The second-order valence-electron chi connectivity index (χ2n) is 3.81. The molecule has 5 heteroatoms. The Morgan fingerprint density at radius 3 is 2.81 bits per heavy atom. The molecule has 0 radical (unpaired) electrons. The minimum atomic E-state index is -0.401. The van der Waals surface area contributed by atoms with Crippen LogP contribution in [0, 0.1) is 12.7 Å². The monoisotopic (exact) mass is 288 g/mol. The number of aryl methyl sites for hydroxylation is 1. The van der Waals surface area contributed by atoms with Crippen molar-refractivity contribution in [3.8, 4) is 0 Å². The Labute approximate surface area is 102 Å². The van der Waals surface area contributed by atoms with Gasteiger partial charge >= 0.3 is 0 Å². The average molecular weight is 289 g/mol. The lowest BCUT2D eigenvalue weighted by atomic mass is 10.2. The summed E-state index contributed by atoms with van der Waals surface area (Å²) in [5.41, 5.74) is 6.77. The van der Waals surface area contributed by atoms with E-state index in [9.17, 15) is 9.18 Å². The number of benzene rings is 1. The topological polar surface area (TPSA) is 55.1 Å². The number of amides is 1. The van der Waals surface area contributed by atoms with Crippen LogP contribution in [0.15, 0.2) is 16.6 Å². The molecule has 1 unspecified atom stereocenters. The maximum absolute atomic E-state index is 13.2. The van der Waals surface area contributed by atoms with E-state index < -0.39 is 5.82 Å². The van der Waals surface area contributed by atoms with Crippen LogP contribution in [-0.4, -0.2) is 11.9 Å². The molecule has 0 aromatic heterocycles. The number of nitrogens with one attached hydrogen (secondary N) is 1. The lowest BCUT2D eigenvalue weighted by Gasteiger charge is -2.10. The molecular weight excluding hydrogens is 275 g/mol. The maximum Gasteiger partial charge on any atom is 0.225 e. The summed E-state index contributed by atoms with van der Waals surface area (Å²) in [6, 6.07) is 2.70. The molecule has 0 aliphatic rings. The summed E-state index contributed by atoms with van der Waals surface area (Å²) in [6.07, 6.45) is 0.219. The van der Waals surface area contributed by atoms with Crippen LogP contribution < -0.4 is 11.1 Å². The zero-order chi connectivity index (χ0) is 12.3. The molecule has 88 valence electrons. The summed E-state index contributed by atoms with van der Waals surface area (Å²) in [5, 5.41) is 2.63. The molecule has 0 bridgehead atoms. The van der Waals surface area contributed by atoms with Crippen LogP contribution in [0.5, 0.6) is 0 Å². The van der Waals surface area contributed by atoms with Crippen LogP contribution in [-0.2, 0) is 4.79 Å². The van der Waals surface area contributed by atoms with Gasteiger partial charge < -0.3 is 11.1 Å². The van der Waals surface area contributed by atoms with E-state index in [1.807, 2.05) is 0 Å². The van der Waals surface area contributed by atoms with E-state index in [1.54, 1.807) is 19.9 Å². The van der Waals surface area contributed by atoms with Crippen LogP contribution in [0.1, 0.15) is 18.9 Å². The van der Waals surface area contributed by atoms with Gasteiger partial charge in [0.2, 0.25) is 5.91 Å². The van der Waals surface area contributed by atoms with Crippen LogP contribution in [0.25, 0.3) is 0 Å². The van der Waals surface area contributed by atoms with E-state index >= 15 is 0 Å². The first-order valence-electron chi connectivity index (χ1n) is 4.91. The van der Waals surface area contributed by atoms with Gasteiger partial charge in [-0.1, -0.05) is 0 Å². The quantitative estimate of drug-likeness (QED) is 0.898. The van der Waals surface area contributed by atoms with Gasteiger partial charge in [-0.05, 0) is 47.5 Å². The second-order valence-corrected chi connectivity index (χ2v) is 4.67. The molecule has 1 rings (SSSR count). The lowest BCUT2D eigenvalue weighted by Crippen LogP contribution is -2.24. The summed E-state index contributed by atoms with van der Waals surface area (Å²) < 4.78 is 13.6. The van der Waals surface area contributed by atoms with Gasteiger partial charge in [0.25, 0.3) is 0 Å². The van der Waals surface area contributed by atoms with E-state index in [0.29, 0.717) is 10.2 Å². The zero-order valence-electron chi connectivity index (χ0n) is 9.18. The first-order chi connectivity index (χ1) is 7.40. The fourth-order valence-electron chi connectivity index (χ4n) is 1.27. The first-order valence-corrected chi connectivity index (χ1v) is 5.70. The van der Waals surface area contributed by atoms with Gasteiger partial charge in [-0.2, -0.15) is 0 Å². The molecular formula is C11H14BrFN2O. The van der Waals surface area contributed by atoms with Crippen molar-refractivity contribution in [2.45, 2.75) is 26.3 Å². The number of carbonyl (C=O) groups is 1. The summed E-state index contributed by atoms with van der Waals surface area (Å²) in [4.78, 5) is 11.4. The van der Waals surface area contributed by atoms with E-state index in [4.69, 9.17) is 5.73 Å². The van der Waals surface area contributed by atoms with Crippen LogP contribution in [0.2, 0.25) is 0 Å².